The number of benzene rings is 1. The Morgan fingerprint density at radius 2 is 1.77 bits per heavy atom. The third-order valence-corrected chi connectivity index (χ3v) is 4.66. The lowest BCUT2D eigenvalue weighted by atomic mass is 9.77. The topological polar surface area (TPSA) is 81.7 Å². The van der Waals surface area contributed by atoms with Gasteiger partial charge in [0.1, 0.15) is 6.10 Å². The van der Waals surface area contributed by atoms with E-state index in [-0.39, 0.29) is 5.91 Å². The number of carbonyl (C=O) groups excluding carboxylic acids is 3. The van der Waals surface area contributed by atoms with Gasteiger partial charge in [-0.1, -0.05) is 45.4 Å². The maximum atomic E-state index is 12.7. The minimum absolute atomic E-state index is 0.287. The molecule has 1 aromatic rings. The van der Waals surface area contributed by atoms with Crippen molar-refractivity contribution < 1.29 is 23.9 Å². The molecule has 1 aliphatic rings. The first-order chi connectivity index (χ1) is 12.2. The molecule has 1 N–H and O–H groups in total. The Labute approximate surface area is 154 Å². The Hall–Kier alpha value is -2.37. The highest BCUT2D eigenvalue weighted by molar-refractivity contribution is 5.93. The molecular formula is C20H27NO5. The summed E-state index contributed by atoms with van der Waals surface area (Å²) in [7, 11) is 1.28. The van der Waals surface area contributed by atoms with Crippen molar-refractivity contribution in [2.24, 2.45) is 5.41 Å². The van der Waals surface area contributed by atoms with Crippen molar-refractivity contribution in [1.82, 2.24) is 5.32 Å². The van der Waals surface area contributed by atoms with Crippen molar-refractivity contribution >= 4 is 17.8 Å². The zero-order valence-corrected chi connectivity index (χ0v) is 15.8. The van der Waals surface area contributed by atoms with Crippen LogP contribution in [0.2, 0.25) is 0 Å². The average Bonchev–Trinajstić information content (AvgIpc) is 2.62. The van der Waals surface area contributed by atoms with Gasteiger partial charge in [-0.25, -0.2) is 9.59 Å². The highest BCUT2D eigenvalue weighted by Gasteiger charge is 2.52. The summed E-state index contributed by atoms with van der Waals surface area (Å²) in [6.45, 7) is 5.30. The van der Waals surface area contributed by atoms with Gasteiger partial charge >= 0.3 is 11.9 Å². The van der Waals surface area contributed by atoms with Crippen LogP contribution in [0.1, 0.15) is 56.8 Å². The van der Waals surface area contributed by atoms with Crippen molar-refractivity contribution in [2.45, 2.75) is 58.1 Å². The van der Waals surface area contributed by atoms with Gasteiger partial charge in [0.2, 0.25) is 5.91 Å². The number of esters is 2. The van der Waals surface area contributed by atoms with E-state index in [1.165, 1.54) is 7.11 Å². The molecule has 1 aromatic carbocycles. The molecule has 0 unspecified atom stereocenters. The predicted octanol–water partition coefficient (Wildman–Crippen LogP) is 2.86. The van der Waals surface area contributed by atoms with Crippen molar-refractivity contribution in [3.8, 4) is 0 Å². The smallest absolute Gasteiger partial charge is 0.338 e. The molecule has 1 saturated carbocycles. The molecule has 0 aliphatic heterocycles. The Bertz CT molecular complexity index is 665. The van der Waals surface area contributed by atoms with Gasteiger partial charge in [-0.05, 0) is 31.4 Å². The van der Waals surface area contributed by atoms with Crippen LogP contribution in [-0.2, 0) is 19.1 Å². The highest BCUT2D eigenvalue weighted by Crippen LogP contribution is 2.34. The van der Waals surface area contributed by atoms with E-state index in [4.69, 9.17) is 9.47 Å². The lowest BCUT2D eigenvalue weighted by molar-refractivity contribution is -0.161. The maximum absolute atomic E-state index is 12.7. The van der Waals surface area contributed by atoms with Crippen molar-refractivity contribution in [3.63, 3.8) is 0 Å². The number of hydrogen-bond acceptors (Lipinski definition) is 5. The molecule has 0 bridgehead atoms. The average molecular weight is 361 g/mol. The van der Waals surface area contributed by atoms with Gasteiger partial charge in [0, 0.05) is 5.41 Å². The van der Waals surface area contributed by atoms with Gasteiger partial charge in [-0.3, -0.25) is 4.79 Å². The van der Waals surface area contributed by atoms with E-state index in [0.717, 1.165) is 12.8 Å². The molecule has 0 aromatic heterocycles. The third kappa shape index (κ3) is 4.23. The zero-order chi connectivity index (χ0) is 19.4. The first kappa shape index (κ1) is 19.9. The molecule has 1 amide bonds. The quantitative estimate of drug-likeness (QED) is 0.834. The fraction of sp³-hybridized carbons (Fsp3) is 0.550. The predicted molar refractivity (Wildman–Crippen MR) is 96.5 cm³/mol. The minimum Gasteiger partial charge on any atom is -0.467 e. The van der Waals surface area contributed by atoms with Crippen LogP contribution >= 0.6 is 0 Å². The molecule has 1 fully saturated rings. The van der Waals surface area contributed by atoms with Gasteiger partial charge in [0.05, 0.1) is 12.7 Å². The first-order valence-electron chi connectivity index (χ1n) is 8.88. The molecule has 0 saturated heterocycles. The first-order valence-corrected chi connectivity index (χ1v) is 8.88. The van der Waals surface area contributed by atoms with Crippen LogP contribution < -0.4 is 5.32 Å². The number of ether oxygens (including phenoxy) is 2. The molecule has 26 heavy (non-hydrogen) atoms. The summed E-state index contributed by atoms with van der Waals surface area (Å²) < 4.78 is 10.7. The number of rotatable bonds is 4. The Kier molecular flexibility index (Phi) is 6.05. The standard InChI is InChI=1S/C20H27NO5/c1-19(2,3)17(23)21-20(18(24)25-4)13-9-8-12-15(20)26-16(22)14-10-6-5-7-11-14/h5-7,10-11,15H,8-9,12-13H2,1-4H3,(H,21,23)/t15-,20+/m1/s1. The highest BCUT2D eigenvalue weighted by atomic mass is 16.6. The number of hydrogen-bond donors (Lipinski definition) is 1. The van der Waals surface area contributed by atoms with E-state index in [1.807, 2.05) is 0 Å². The Morgan fingerprint density at radius 1 is 1.12 bits per heavy atom. The van der Waals surface area contributed by atoms with E-state index in [2.05, 4.69) is 5.32 Å². The molecule has 2 atom stereocenters. The lowest BCUT2D eigenvalue weighted by Gasteiger charge is -2.42. The van der Waals surface area contributed by atoms with E-state index in [0.29, 0.717) is 18.4 Å². The molecular weight excluding hydrogens is 334 g/mol. The van der Waals surface area contributed by atoms with Gasteiger partial charge in [0.15, 0.2) is 5.54 Å². The molecule has 0 radical (unpaired) electrons. The van der Waals surface area contributed by atoms with Crippen LogP contribution in [0.15, 0.2) is 30.3 Å². The summed E-state index contributed by atoms with van der Waals surface area (Å²) in [5.74, 6) is -1.39. The second-order valence-corrected chi connectivity index (χ2v) is 7.67. The Balaban J connectivity index is 2.31. The van der Waals surface area contributed by atoms with Crippen molar-refractivity contribution in [3.05, 3.63) is 35.9 Å². The Morgan fingerprint density at radius 3 is 2.35 bits per heavy atom. The molecule has 6 nitrogen and oxygen atoms in total. The summed E-state index contributed by atoms with van der Waals surface area (Å²) in [5.41, 5.74) is -1.65. The summed E-state index contributed by atoms with van der Waals surface area (Å²) in [4.78, 5) is 37.8. The third-order valence-electron chi connectivity index (χ3n) is 4.66. The summed E-state index contributed by atoms with van der Waals surface area (Å²) in [6, 6.07) is 8.59. The van der Waals surface area contributed by atoms with Gasteiger partial charge in [0.25, 0.3) is 0 Å². The van der Waals surface area contributed by atoms with Gasteiger partial charge in [-0.15, -0.1) is 0 Å². The SMILES string of the molecule is COC(=O)[C@]1(NC(=O)C(C)(C)C)CCCC[C@H]1OC(=O)c1ccccc1. The number of amides is 1. The van der Waals surface area contributed by atoms with Crippen LogP contribution in [0.3, 0.4) is 0 Å². The van der Waals surface area contributed by atoms with Crippen molar-refractivity contribution in [2.75, 3.05) is 7.11 Å². The summed E-state index contributed by atoms with van der Waals surface area (Å²) in [5, 5.41) is 2.84. The van der Waals surface area contributed by atoms with E-state index in [1.54, 1.807) is 51.1 Å². The second kappa shape index (κ2) is 7.89. The zero-order valence-electron chi connectivity index (χ0n) is 15.8. The van der Waals surface area contributed by atoms with Crippen LogP contribution in [0.25, 0.3) is 0 Å². The monoisotopic (exact) mass is 361 g/mol. The van der Waals surface area contributed by atoms with E-state index >= 15 is 0 Å². The van der Waals surface area contributed by atoms with Gasteiger partial charge < -0.3 is 14.8 Å². The number of methoxy groups -OCH3 is 1. The normalized spacial score (nSPS) is 23.0. The fourth-order valence-corrected chi connectivity index (χ4v) is 3.07. The molecule has 0 heterocycles. The number of nitrogens with one attached hydrogen (secondary N) is 1. The summed E-state index contributed by atoms with van der Waals surface area (Å²) >= 11 is 0. The molecule has 142 valence electrons. The van der Waals surface area contributed by atoms with E-state index in [9.17, 15) is 14.4 Å². The summed E-state index contributed by atoms with van der Waals surface area (Å²) in [6.07, 6.45) is 1.62. The largest absolute Gasteiger partial charge is 0.467 e. The minimum atomic E-state index is -1.36. The van der Waals surface area contributed by atoms with Crippen LogP contribution in [0.4, 0.5) is 0 Å². The fourth-order valence-electron chi connectivity index (χ4n) is 3.07. The molecule has 0 spiro atoms. The maximum Gasteiger partial charge on any atom is 0.338 e. The molecule has 1 aliphatic carbocycles. The van der Waals surface area contributed by atoms with E-state index < -0.39 is 29.0 Å². The van der Waals surface area contributed by atoms with Crippen LogP contribution in [-0.4, -0.2) is 36.6 Å². The molecule has 2 rings (SSSR count). The van der Waals surface area contributed by atoms with Gasteiger partial charge in [-0.2, -0.15) is 0 Å². The molecule has 6 heteroatoms. The van der Waals surface area contributed by atoms with Crippen molar-refractivity contribution in [1.29, 1.82) is 0 Å². The van der Waals surface area contributed by atoms with Crippen LogP contribution in [0.5, 0.6) is 0 Å². The number of carbonyl (C=O) groups is 3. The van der Waals surface area contributed by atoms with Crippen LogP contribution in [0, 0.1) is 5.41 Å². The lowest BCUT2D eigenvalue weighted by Crippen LogP contribution is -2.66. The second-order valence-electron chi connectivity index (χ2n) is 7.67.